The van der Waals surface area contributed by atoms with E-state index < -0.39 is 32.3 Å². The van der Waals surface area contributed by atoms with Crippen LogP contribution in [0.1, 0.15) is 158 Å². The minimum atomic E-state index is -0.883. The topological polar surface area (TPSA) is 0 Å². The zero-order valence-electron chi connectivity index (χ0n) is 40.2. The Balaban J connectivity index is 0.000000391. The number of halogens is 2. The van der Waals surface area contributed by atoms with Crippen LogP contribution < -0.4 is 24.8 Å². The maximum Gasteiger partial charge on any atom is 0.0862 e. The minimum Gasteiger partial charge on any atom is -1.00 e. The molecule has 0 aromatic heterocycles. The maximum atomic E-state index is 2.56. The molecule has 8 rings (SSSR count). The van der Waals surface area contributed by atoms with Crippen molar-refractivity contribution in [3.05, 3.63) is 91.7 Å². The van der Waals surface area contributed by atoms with Gasteiger partial charge in [-0.1, -0.05) is 271 Å². The largest absolute Gasteiger partial charge is 1.00 e. The van der Waals surface area contributed by atoms with Gasteiger partial charge in [-0.2, -0.15) is 0 Å². The van der Waals surface area contributed by atoms with Gasteiger partial charge < -0.3 is 24.8 Å². The molecule has 60 heavy (non-hydrogen) atoms. The van der Waals surface area contributed by atoms with Crippen molar-refractivity contribution in [1.29, 1.82) is 0 Å². The van der Waals surface area contributed by atoms with Gasteiger partial charge in [0.05, 0.1) is 32.3 Å². The summed E-state index contributed by atoms with van der Waals surface area (Å²) in [6.45, 7) is 18.6. The molecule has 0 aromatic carbocycles. The van der Waals surface area contributed by atoms with Crippen LogP contribution in [0, 0.1) is 0 Å². The summed E-state index contributed by atoms with van der Waals surface area (Å²) in [7, 11) is -3.53. The number of rotatable bonds is 16. The van der Waals surface area contributed by atoms with E-state index in [9.17, 15) is 0 Å². The summed E-state index contributed by atoms with van der Waals surface area (Å²) in [5.41, 5.74) is 6.70. The molecule has 0 radical (unpaired) electrons. The molecular weight excluding hydrogens is 990 g/mol. The molecule has 0 atom stereocenters. The van der Waals surface area contributed by atoms with E-state index in [1.165, 1.54) is 103 Å². The van der Waals surface area contributed by atoms with Gasteiger partial charge in [0.2, 0.25) is 0 Å². The van der Waals surface area contributed by atoms with E-state index in [0.717, 1.165) is 0 Å². The Bertz CT molecular complexity index is 1330. The van der Waals surface area contributed by atoms with E-state index in [1.54, 1.807) is 94.8 Å². The number of hydrogen-bond acceptors (Lipinski definition) is 0. The van der Waals surface area contributed by atoms with Crippen molar-refractivity contribution in [2.45, 2.75) is 231 Å². The average molecular weight is 1080 g/mol. The van der Waals surface area contributed by atoms with Crippen LogP contribution in [0.25, 0.3) is 0 Å². The third-order valence-corrected chi connectivity index (χ3v) is 38.8. The van der Waals surface area contributed by atoms with Crippen LogP contribution in [0.3, 0.4) is 0 Å². The summed E-state index contributed by atoms with van der Waals surface area (Å²) in [5.74, 6) is 0. The smallest absolute Gasteiger partial charge is 0.0862 e. The number of hydrogen-bond donors (Lipinski definition) is 0. The molecule has 336 valence electrons. The first kappa shape index (κ1) is 59.2. The van der Waals surface area contributed by atoms with Gasteiger partial charge in [-0.25, -0.2) is 0 Å². The van der Waals surface area contributed by atoms with E-state index in [4.69, 9.17) is 0 Å². The number of allylic oxidation sites excluding steroid dienone is 16. The van der Waals surface area contributed by atoms with Gasteiger partial charge in [0.1, 0.15) is 0 Å². The van der Waals surface area contributed by atoms with E-state index in [0.29, 0.717) is 0 Å². The van der Waals surface area contributed by atoms with Gasteiger partial charge in [-0.3, -0.25) is 0 Å². The fourth-order valence-corrected chi connectivity index (χ4v) is 30.1. The maximum absolute atomic E-state index is 2.56. The molecule has 0 unspecified atom stereocenters. The summed E-state index contributed by atoms with van der Waals surface area (Å²) in [4.78, 5) is 0. The monoisotopic (exact) mass is 1070 g/mol. The van der Waals surface area contributed by atoms with Crippen LogP contribution in [0.5, 0.6) is 0 Å². The summed E-state index contributed by atoms with van der Waals surface area (Å²) in [5, 5.41) is 7.29. The third kappa shape index (κ3) is 14.6. The zero-order chi connectivity index (χ0) is 40.1. The van der Waals surface area contributed by atoms with Gasteiger partial charge in [-0.05, 0) is 51.4 Å². The Morgan fingerprint density at radius 2 is 0.517 bits per heavy atom. The Morgan fingerprint density at radius 3 is 0.617 bits per heavy atom. The molecular formula is C52H88Cl2Si4Zr2-2. The zero-order valence-corrected chi connectivity index (χ0v) is 50.6. The molecule has 4 heterocycles. The second-order valence-electron chi connectivity index (χ2n) is 19.6. The predicted molar refractivity (Wildman–Crippen MR) is 265 cm³/mol. The standard InChI is InChI=1S/4C13H22Si.2ClH.2Zr/c4*1-3-8-14(9-5-10-14)13-7-6-12(4-2)11-13;;;;/h4*7,11H,3-6,8-10H2,1-2H3;2*1H;;/p-2. The van der Waals surface area contributed by atoms with Crippen molar-refractivity contribution >= 4 is 32.3 Å². The fourth-order valence-electron chi connectivity index (χ4n) is 11.8. The van der Waals surface area contributed by atoms with Crippen LogP contribution in [0.15, 0.2) is 91.7 Å². The molecule has 4 fully saturated rings. The van der Waals surface area contributed by atoms with Gasteiger partial charge >= 0.3 is 0 Å². The minimum absolute atomic E-state index is 0. The molecule has 0 aromatic rings. The molecule has 4 saturated heterocycles. The summed E-state index contributed by atoms with van der Waals surface area (Å²) < 4.78 is 0. The van der Waals surface area contributed by atoms with Crippen LogP contribution >= 0.6 is 0 Å². The molecule has 4 aliphatic carbocycles. The summed E-state index contributed by atoms with van der Waals surface area (Å²) in [6, 6.07) is 18.9. The van der Waals surface area contributed by atoms with Gasteiger partial charge in [0.15, 0.2) is 0 Å². The first-order valence-corrected chi connectivity index (χ1v) is 35.3. The SMILES string of the molecule is CCC[Si]1(C2=CCC(CC)=C2)CCC1.CCC[Si]1(C2=CCC(CC)=C2)CCC1.CCC[Si]1(C2=CCC(CC)=C2)CCC1.CCC[Si]1(C2=CCC(CC)=C2)CCC1.[Cl-].[Cl-].[Zr].[Zr]. The predicted octanol–water partition coefficient (Wildman–Crippen LogP) is 11.8. The molecule has 0 saturated carbocycles. The first-order chi connectivity index (χ1) is 27.2. The Morgan fingerprint density at radius 1 is 0.333 bits per heavy atom. The second-order valence-corrected chi connectivity index (χ2v) is 38.2. The van der Waals surface area contributed by atoms with Gasteiger partial charge in [0, 0.05) is 52.4 Å². The van der Waals surface area contributed by atoms with Crippen LogP contribution in [-0.4, -0.2) is 32.3 Å². The average Bonchev–Trinajstić information content (AvgIpc) is 3.99. The third-order valence-electron chi connectivity index (χ3n) is 16.2. The van der Waals surface area contributed by atoms with Crippen molar-refractivity contribution in [3.8, 4) is 0 Å². The molecule has 0 bridgehead atoms. The van der Waals surface area contributed by atoms with E-state index in [-0.39, 0.29) is 77.2 Å². The van der Waals surface area contributed by atoms with Crippen molar-refractivity contribution in [1.82, 2.24) is 0 Å². The fraction of sp³-hybridized carbons (Fsp3) is 0.692. The quantitative estimate of drug-likeness (QED) is 0.135. The van der Waals surface area contributed by atoms with Gasteiger partial charge in [-0.15, -0.1) is 0 Å². The molecule has 8 heteroatoms. The molecule has 0 N–H and O–H groups in total. The normalized spacial score (nSPS) is 22.5. The van der Waals surface area contributed by atoms with Crippen molar-refractivity contribution in [3.63, 3.8) is 0 Å². The van der Waals surface area contributed by atoms with Crippen LogP contribution in [0.4, 0.5) is 0 Å². The molecule has 4 aliphatic heterocycles. The Hall–Kier alpha value is 1.13. The molecule has 0 spiro atoms. The van der Waals surface area contributed by atoms with E-state index >= 15 is 0 Å². The first-order valence-electron chi connectivity index (χ1n) is 24.8. The van der Waals surface area contributed by atoms with Crippen molar-refractivity contribution in [2.75, 3.05) is 0 Å². The Labute approximate surface area is 427 Å². The molecule has 8 aliphatic rings. The summed E-state index contributed by atoms with van der Waals surface area (Å²) in [6.07, 6.45) is 42.2. The summed E-state index contributed by atoms with van der Waals surface area (Å²) >= 11 is 0. The van der Waals surface area contributed by atoms with Crippen LogP contribution in [-0.2, 0) is 52.4 Å². The van der Waals surface area contributed by atoms with E-state index in [2.05, 4.69) is 104 Å². The molecule has 0 nitrogen and oxygen atoms in total. The molecule has 0 amide bonds. The second kappa shape index (κ2) is 29.0. The van der Waals surface area contributed by atoms with Crippen LogP contribution in [0.2, 0.25) is 72.5 Å². The van der Waals surface area contributed by atoms with Crippen molar-refractivity contribution < 1.29 is 77.2 Å². The van der Waals surface area contributed by atoms with Gasteiger partial charge in [0.25, 0.3) is 0 Å². The van der Waals surface area contributed by atoms with Crippen molar-refractivity contribution in [2.24, 2.45) is 0 Å². The Kier molecular flexibility index (Phi) is 28.6. The van der Waals surface area contributed by atoms with E-state index in [1.807, 2.05) is 20.8 Å².